The number of nitrogens with zero attached hydrogens (tertiary/aromatic N) is 2. The molecular weight excluding hydrogens is 665 g/mol. The first-order valence-corrected chi connectivity index (χ1v) is 17.3. The Hall–Kier alpha value is -3.56. The lowest BCUT2D eigenvalue weighted by atomic mass is 10.0. The van der Waals surface area contributed by atoms with E-state index in [1.54, 1.807) is 36.4 Å². The Bertz CT molecular complexity index is 1780. The summed E-state index contributed by atoms with van der Waals surface area (Å²) in [6, 6.07) is 24.0. The smallest absolute Gasteiger partial charge is 0.264 e. The molecular formula is C35H36Cl3N3O4S. The van der Waals surface area contributed by atoms with Crippen LogP contribution in [0.5, 0.6) is 0 Å². The molecule has 0 fully saturated rings. The molecule has 46 heavy (non-hydrogen) atoms. The zero-order chi connectivity index (χ0) is 33.6. The largest absolute Gasteiger partial charge is 0.352 e. The second kappa shape index (κ2) is 15.4. The summed E-state index contributed by atoms with van der Waals surface area (Å²) in [4.78, 5) is 29.8. The number of aryl methyl sites for hydroxylation is 2. The summed E-state index contributed by atoms with van der Waals surface area (Å²) in [6.07, 6.45) is 0.167. The Morgan fingerprint density at radius 2 is 1.43 bits per heavy atom. The molecule has 4 rings (SSSR count). The molecule has 0 saturated heterocycles. The van der Waals surface area contributed by atoms with Crippen LogP contribution in [0.3, 0.4) is 0 Å². The van der Waals surface area contributed by atoms with Crippen molar-refractivity contribution in [3.63, 3.8) is 0 Å². The van der Waals surface area contributed by atoms with Gasteiger partial charge in [-0.3, -0.25) is 13.9 Å². The summed E-state index contributed by atoms with van der Waals surface area (Å²) in [5, 5.41) is 3.93. The quantitative estimate of drug-likeness (QED) is 0.165. The van der Waals surface area contributed by atoms with E-state index in [4.69, 9.17) is 34.8 Å². The van der Waals surface area contributed by atoms with E-state index in [1.807, 2.05) is 58.0 Å². The number of carbonyl (C=O) groups excluding carboxylic acids is 2. The lowest BCUT2D eigenvalue weighted by Crippen LogP contribution is -2.54. The van der Waals surface area contributed by atoms with Crippen molar-refractivity contribution in [2.45, 2.75) is 57.6 Å². The van der Waals surface area contributed by atoms with Crippen LogP contribution in [0.25, 0.3) is 0 Å². The van der Waals surface area contributed by atoms with Crippen molar-refractivity contribution in [3.8, 4) is 0 Å². The Labute approximate surface area is 286 Å². The fourth-order valence-corrected chi connectivity index (χ4v) is 6.98. The average Bonchev–Trinajstić information content (AvgIpc) is 3.00. The molecule has 0 bridgehead atoms. The number of nitrogens with one attached hydrogen (secondary N) is 1. The topological polar surface area (TPSA) is 86.8 Å². The van der Waals surface area contributed by atoms with Gasteiger partial charge in [0.15, 0.2) is 0 Å². The fraction of sp³-hybridized carbons (Fsp3) is 0.257. The molecule has 0 unspecified atom stereocenters. The lowest BCUT2D eigenvalue weighted by molar-refractivity contribution is -0.140. The molecule has 7 nitrogen and oxygen atoms in total. The van der Waals surface area contributed by atoms with Crippen LogP contribution in [-0.2, 0) is 32.6 Å². The van der Waals surface area contributed by atoms with Gasteiger partial charge in [-0.05, 0) is 92.9 Å². The average molecular weight is 701 g/mol. The van der Waals surface area contributed by atoms with E-state index in [0.29, 0.717) is 26.3 Å². The van der Waals surface area contributed by atoms with Gasteiger partial charge in [-0.2, -0.15) is 0 Å². The van der Waals surface area contributed by atoms with E-state index in [9.17, 15) is 18.0 Å². The SMILES string of the molecule is Cc1ccc(N(CC(=O)N(Cc2c(Cl)cccc2Cl)[C@@H](Cc2ccccc2)C(=O)NC(C)C)S(=O)(=O)c2ccc(Cl)cc2)cc1C. The van der Waals surface area contributed by atoms with Crippen LogP contribution in [0, 0.1) is 13.8 Å². The highest BCUT2D eigenvalue weighted by atomic mass is 35.5. The first-order chi connectivity index (χ1) is 21.8. The number of halogens is 3. The summed E-state index contributed by atoms with van der Waals surface area (Å²) in [5.41, 5.74) is 3.36. The zero-order valence-electron chi connectivity index (χ0n) is 26.0. The molecule has 0 aliphatic rings. The molecule has 0 saturated carbocycles. The standard InChI is InChI=1S/C35H36Cl3N3O4S/c1-23(2)39-35(43)33(20-26-9-6-5-7-10-26)40(21-30-31(37)11-8-12-32(30)38)34(42)22-41(28-16-13-24(3)25(4)19-28)46(44,45)29-17-14-27(36)15-18-29/h5-19,23,33H,20-22H2,1-4H3,(H,39,43)/t33-/m0/s1. The molecule has 4 aromatic carbocycles. The number of benzene rings is 4. The minimum absolute atomic E-state index is 0.0398. The number of sulfonamides is 1. The van der Waals surface area contributed by atoms with Crippen molar-refractivity contribution in [2.24, 2.45) is 0 Å². The van der Waals surface area contributed by atoms with Crippen molar-refractivity contribution in [1.29, 1.82) is 0 Å². The van der Waals surface area contributed by atoms with E-state index in [0.717, 1.165) is 21.0 Å². The number of carbonyl (C=O) groups is 2. The van der Waals surface area contributed by atoms with Crippen LogP contribution in [0.4, 0.5) is 5.69 Å². The normalized spacial score (nSPS) is 12.1. The van der Waals surface area contributed by atoms with Crippen LogP contribution in [-0.4, -0.2) is 43.8 Å². The Kier molecular flexibility index (Phi) is 11.8. The van der Waals surface area contributed by atoms with Gasteiger partial charge in [0.05, 0.1) is 10.6 Å². The number of hydrogen-bond acceptors (Lipinski definition) is 4. The van der Waals surface area contributed by atoms with Gasteiger partial charge >= 0.3 is 0 Å². The second-order valence-electron chi connectivity index (χ2n) is 11.3. The first-order valence-electron chi connectivity index (χ1n) is 14.7. The first kappa shape index (κ1) is 35.3. The number of rotatable bonds is 12. The molecule has 2 amide bonds. The van der Waals surface area contributed by atoms with Gasteiger partial charge in [0, 0.05) is 39.6 Å². The molecule has 0 aliphatic carbocycles. The Balaban J connectivity index is 1.86. The molecule has 1 N–H and O–H groups in total. The minimum atomic E-state index is -4.27. The van der Waals surface area contributed by atoms with Crippen LogP contribution < -0.4 is 9.62 Å². The molecule has 4 aromatic rings. The van der Waals surface area contributed by atoms with Gasteiger partial charge < -0.3 is 10.2 Å². The van der Waals surface area contributed by atoms with Crippen molar-refractivity contribution < 1.29 is 18.0 Å². The van der Waals surface area contributed by atoms with Gasteiger partial charge in [0.2, 0.25) is 11.8 Å². The lowest BCUT2D eigenvalue weighted by Gasteiger charge is -2.34. The zero-order valence-corrected chi connectivity index (χ0v) is 29.1. The number of amides is 2. The maximum absolute atomic E-state index is 14.6. The van der Waals surface area contributed by atoms with Crippen molar-refractivity contribution >= 4 is 62.3 Å². The van der Waals surface area contributed by atoms with Crippen LogP contribution >= 0.6 is 34.8 Å². The van der Waals surface area contributed by atoms with E-state index < -0.39 is 34.4 Å². The van der Waals surface area contributed by atoms with Gasteiger partial charge in [0.1, 0.15) is 12.6 Å². The third-order valence-corrected chi connectivity index (χ3v) is 10.3. The summed E-state index contributed by atoms with van der Waals surface area (Å²) in [6.45, 7) is 6.70. The summed E-state index contributed by atoms with van der Waals surface area (Å²) < 4.78 is 29.5. The molecule has 0 heterocycles. The molecule has 1 atom stereocenters. The highest BCUT2D eigenvalue weighted by Gasteiger charge is 2.35. The van der Waals surface area contributed by atoms with E-state index in [-0.39, 0.29) is 23.9 Å². The van der Waals surface area contributed by atoms with Crippen LogP contribution in [0.2, 0.25) is 15.1 Å². The predicted octanol–water partition coefficient (Wildman–Crippen LogP) is 7.62. The third kappa shape index (κ3) is 8.62. The maximum atomic E-state index is 14.6. The van der Waals surface area contributed by atoms with Crippen molar-refractivity contribution in [3.05, 3.63) is 128 Å². The summed E-state index contributed by atoms with van der Waals surface area (Å²) in [7, 11) is -4.27. The van der Waals surface area contributed by atoms with Crippen molar-refractivity contribution in [1.82, 2.24) is 10.2 Å². The Morgan fingerprint density at radius 1 is 0.804 bits per heavy atom. The minimum Gasteiger partial charge on any atom is -0.352 e. The van der Waals surface area contributed by atoms with E-state index in [2.05, 4.69) is 5.32 Å². The van der Waals surface area contributed by atoms with E-state index >= 15 is 0 Å². The molecule has 0 aromatic heterocycles. The van der Waals surface area contributed by atoms with Crippen LogP contribution in [0.1, 0.15) is 36.1 Å². The summed E-state index contributed by atoms with van der Waals surface area (Å²) >= 11 is 19.2. The predicted molar refractivity (Wildman–Crippen MR) is 186 cm³/mol. The number of hydrogen-bond donors (Lipinski definition) is 1. The molecule has 0 spiro atoms. The van der Waals surface area contributed by atoms with Crippen molar-refractivity contribution in [2.75, 3.05) is 10.8 Å². The summed E-state index contributed by atoms with van der Waals surface area (Å²) in [5.74, 6) is -1.01. The Morgan fingerprint density at radius 3 is 2.02 bits per heavy atom. The van der Waals surface area contributed by atoms with E-state index in [1.165, 1.54) is 29.2 Å². The van der Waals surface area contributed by atoms with Gasteiger partial charge in [-0.15, -0.1) is 0 Å². The molecule has 0 radical (unpaired) electrons. The molecule has 242 valence electrons. The highest BCUT2D eigenvalue weighted by Crippen LogP contribution is 2.30. The molecule has 0 aliphatic heterocycles. The number of anilines is 1. The van der Waals surface area contributed by atoms with Gasteiger partial charge in [0.25, 0.3) is 10.0 Å². The molecule has 11 heteroatoms. The third-order valence-electron chi connectivity index (χ3n) is 7.55. The second-order valence-corrected chi connectivity index (χ2v) is 14.4. The van der Waals surface area contributed by atoms with Crippen LogP contribution in [0.15, 0.2) is 95.9 Å². The fourth-order valence-electron chi connectivity index (χ4n) is 4.93. The highest BCUT2D eigenvalue weighted by molar-refractivity contribution is 7.92. The monoisotopic (exact) mass is 699 g/mol. The maximum Gasteiger partial charge on any atom is 0.264 e. The van der Waals surface area contributed by atoms with Gasteiger partial charge in [-0.1, -0.05) is 77.3 Å². The van der Waals surface area contributed by atoms with Gasteiger partial charge in [-0.25, -0.2) is 8.42 Å².